The van der Waals surface area contributed by atoms with Crippen LogP contribution in [0, 0.1) is 0 Å². The first-order valence-corrected chi connectivity index (χ1v) is 9.28. The molecule has 1 aliphatic carbocycles. The number of amides is 1. The van der Waals surface area contributed by atoms with Crippen molar-refractivity contribution in [2.75, 3.05) is 11.4 Å². The number of fused-ring (bicyclic) bond motifs is 1. The van der Waals surface area contributed by atoms with E-state index in [1.54, 1.807) is 10.9 Å². The minimum atomic E-state index is -0.130. The maximum atomic E-state index is 13.0. The van der Waals surface area contributed by atoms with Gasteiger partial charge in [-0.25, -0.2) is 0 Å². The number of nitrogens with zero attached hydrogens (tertiary/aromatic N) is 5. The van der Waals surface area contributed by atoms with Crippen LogP contribution in [0.4, 0.5) is 5.69 Å². The highest BCUT2D eigenvalue weighted by Crippen LogP contribution is 2.31. The van der Waals surface area contributed by atoms with Gasteiger partial charge in [0, 0.05) is 43.6 Å². The van der Waals surface area contributed by atoms with Crippen LogP contribution in [0.5, 0.6) is 0 Å². The molecular weight excluding hydrogens is 316 g/mol. The first kappa shape index (κ1) is 16.3. The Kier molecular flexibility index (Phi) is 4.33. The van der Waals surface area contributed by atoms with Crippen molar-refractivity contribution in [3.05, 3.63) is 29.8 Å². The van der Waals surface area contributed by atoms with Gasteiger partial charge in [-0.1, -0.05) is 0 Å². The van der Waals surface area contributed by atoms with Crippen LogP contribution in [0.2, 0.25) is 0 Å². The van der Waals surface area contributed by atoms with Crippen LogP contribution >= 0.6 is 0 Å². The quantitative estimate of drug-likeness (QED) is 0.920. The van der Waals surface area contributed by atoms with Crippen LogP contribution in [0.15, 0.2) is 18.6 Å². The summed E-state index contributed by atoms with van der Waals surface area (Å²) in [5, 5.41) is 12.4. The van der Waals surface area contributed by atoms with E-state index in [0.29, 0.717) is 0 Å². The number of nitrogens with one attached hydrogen (secondary N) is 1. The Balaban J connectivity index is 1.51. The van der Waals surface area contributed by atoms with Crippen LogP contribution in [0.3, 0.4) is 0 Å². The molecule has 2 aliphatic rings. The van der Waals surface area contributed by atoms with Gasteiger partial charge in [-0.3, -0.25) is 19.5 Å². The summed E-state index contributed by atoms with van der Waals surface area (Å²) >= 11 is 0. The number of piperidine rings is 1. The van der Waals surface area contributed by atoms with Gasteiger partial charge in [0.05, 0.1) is 24.1 Å². The number of hydrogen-bond donors (Lipinski definition) is 1. The summed E-state index contributed by atoms with van der Waals surface area (Å²) in [7, 11) is 1.88. The first-order chi connectivity index (χ1) is 12.2. The molecule has 0 unspecified atom stereocenters. The number of carbonyl (C=O) groups is 1. The molecule has 2 atom stereocenters. The van der Waals surface area contributed by atoms with Crippen molar-refractivity contribution < 1.29 is 4.79 Å². The number of carbonyl (C=O) groups excluding carboxylic acids is 1. The highest BCUT2D eigenvalue weighted by molar-refractivity contribution is 5.97. The molecule has 0 aromatic carbocycles. The lowest BCUT2D eigenvalue weighted by Crippen LogP contribution is -2.52. The lowest BCUT2D eigenvalue weighted by Gasteiger charge is -2.35. The second kappa shape index (κ2) is 6.63. The van der Waals surface area contributed by atoms with Gasteiger partial charge >= 0.3 is 0 Å². The standard InChI is InChI=1S/C18H26N6O/c1-3-24-17-8-4-6-15(14(17)11-20-24)21-16-7-5-9-23(18(16)25)13-10-19-22(2)12-13/h10-12,15-16,21H,3-9H2,1-2H3/t15-,16-/m1/s1. The molecule has 0 bridgehead atoms. The van der Waals surface area contributed by atoms with Crippen molar-refractivity contribution in [1.29, 1.82) is 0 Å². The predicted molar refractivity (Wildman–Crippen MR) is 95.3 cm³/mol. The minimum absolute atomic E-state index is 0.130. The van der Waals surface area contributed by atoms with Crippen molar-refractivity contribution in [3.8, 4) is 0 Å². The SMILES string of the molecule is CCn1ncc2c1CCC[C@H]2N[C@@H]1CCCN(c2cnn(C)c2)C1=O. The van der Waals surface area contributed by atoms with Crippen molar-refractivity contribution in [2.24, 2.45) is 7.05 Å². The average Bonchev–Trinajstić information content (AvgIpc) is 3.23. The van der Waals surface area contributed by atoms with Gasteiger partial charge in [0.1, 0.15) is 0 Å². The molecule has 0 saturated carbocycles. The Labute approximate surface area is 148 Å². The van der Waals surface area contributed by atoms with Gasteiger partial charge in [-0.2, -0.15) is 10.2 Å². The van der Waals surface area contributed by atoms with E-state index in [0.717, 1.165) is 50.9 Å². The van der Waals surface area contributed by atoms with Crippen LogP contribution in [-0.4, -0.2) is 38.1 Å². The fraction of sp³-hybridized carbons (Fsp3) is 0.611. The van der Waals surface area contributed by atoms with Gasteiger partial charge in [-0.05, 0) is 39.0 Å². The minimum Gasteiger partial charge on any atom is -0.308 e. The predicted octanol–water partition coefficient (Wildman–Crippen LogP) is 1.80. The summed E-state index contributed by atoms with van der Waals surface area (Å²) in [4.78, 5) is 14.9. The van der Waals surface area contributed by atoms with E-state index in [2.05, 4.69) is 27.1 Å². The van der Waals surface area contributed by atoms with E-state index in [-0.39, 0.29) is 18.0 Å². The fourth-order valence-corrected chi connectivity index (χ4v) is 4.14. The van der Waals surface area contributed by atoms with Crippen LogP contribution in [0.25, 0.3) is 0 Å². The lowest BCUT2D eigenvalue weighted by molar-refractivity contribution is -0.122. The first-order valence-electron chi connectivity index (χ1n) is 9.28. The molecule has 1 saturated heterocycles. The number of anilines is 1. The molecule has 0 radical (unpaired) electrons. The van der Waals surface area contributed by atoms with E-state index in [4.69, 9.17) is 0 Å². The Hall–Kier alpha value is -2.15. The monoisotopic (exact) mass is 342 g/mol. The number of aryl methyl sites for hydroxylation is 2. The van der Waals surface area contributed by atoms with E-state index in [9.17, 15) is 4.79 Å². The summed E-state index contributed by atoms with van der Waals surface area (Å²) in [6.07, 6.45) is 10.9. The summed E-state index contributed by atoms with van der Waals surface area (Å²) in [6, 6.07) is 0.0988. The third-order valence-electron chi connectivity index (χ3n) is 5.41. The van der Waals surface area contributed by atoms with Gasteiger partial charge in [0.25, 0.3) is 0 Å². The molecule has 1 amide bonds. The molecule has 1 fully saturated rings. The average molecular weight is 342 g/mol. The summed E-state index contributed by atoms with van der Waals surface area (Å²) in [5.74, 6) is 0.161. The van der Waals surface area contributed by atoms with E-state index in [1.807, 2.05) is 24.3 Å². The molecule has 134 valence electrons. The molecule has 7 heteroatoms. The van der Waals surface area contributed by atoms with Gasteiger partial charge in [0.15, 0.2) is 0 Å². The molecule has 25 heavy (non-hydrogen) atoms. The van der Waals surface area contributed by atoms with Crippen LogP contribution in [0.1, 0.15) is 49.9 Å². The maximum absolute atomic E-state index is 13.0. The van der Waals surface area contributed by atoms with Crippen LogP contribution in [-0.2, 0) is 24.8 Å². The zero-order valence-corrected chi connectivity index (χ0v) is 15.0. The van der Waals surface area contributed by atoms with E-state index in [1.165, 1.54) is 11.3 Å². The van der Waals surface area contributed by atoms with Crippen molar-refractivity contribution >= 4 is 11.6 Å². The largest absolute Gasteiger partial charge is 0.308 e. The van der Waals surface area contributed by atoms with Gasteiger partial charge in [0.2, 0.25) is 5.91 Å². The molecule has 1 N–H and O–H groups in total. The third kappa shape index (κ3) is 2.97. The van der Waals surface area contributed by atoms with Crippen LogP contribution < -0.4 is 10.2 Å². The van der Waals surface area contributed by atoms with Crippen molar-refractivity contribution in [1.82, 2.24) is 24.9 Å². The Morgan fingerprint density at radius 3 is 2.80 bits per heavy atom. The fourth-order valence-electron chi connectivity index (χ4n) is 4.14. The summed E-state index contributed by atoms with van der Waals surface area (Å²) in [5.41, 5.74) is 3.50. The van der Waals surface area contributed by atoms with Crippen molar-refractivity contribution in [2.45, 2.75) is 57.7 Å². The second-order valence-electron chi connectivity index (χ2n) is 7.03. The highest BCUT2D eigenvalue weighted by atomic mass is 16.2. The van der Waals surface area contributed by atoms with Gasteiger partial charge in [-0.15, -0.1) is 0 Å². The Bertz CT molecular complexity index is 763. The summed E-state index contributed by atoms with van der Waals surface area (Å²) in [6.45, 7) is 3.80. The molecule has 2 aromatic rings. The molecule has 3 heterocycles. The van der Waals surface area contributed by atoms with Gasteiger partial charge < -0.3 is 4.90 Å². The normalized spacial score (nSPS) is 23.8. The third-order valence-corrected chi connectivity index (χ3v) is 5.41. The molecule has 7 nitrogen and oxygen atoms in total. The van der Waals surface area contributed by atoms with E-state index < -0.39 is 0 Å². The van der Waals surface area contributed by atoms with Crippen molar-refractivity contribution in [3.63, 3.8) is 0 Å². The summed E-state index contributed by atoms with van der Waals surface area (Å²) < 4.78 is 3.83. The maximum Gasteiger partial charge on any atom is 0.244 e. The second-order valence-corrected chi connectivity index (χ2v) is 7.03. The number of hydrogen-bond acceptors (Lipinski definition) is 4. The number of rotatable bonds is 4. The molecule has 2 aromatic heterocycles. The lowest BCUT2D eigenvalue weighted by atomic mass is 9.91. The zero-order valence-electron chi connectivity index (χ0n) is 15.0. The van der Waals surface area contributed by atoms with E-state index >= 15 is 0 Å². The zero-order chi connectivity index (χ0) is 17.4. The Morgan fingerprint density at radius 1 is 1.20 bits per heavy atom. The molecule has 1 aliphatic heterocycles. The topological polar surface area (TPSA) is 68.0 Å². The molecule has 0 spiro atoms. The smallest absolute Gasteiger partial charge is 0.244 e. The Morgan fingerprint density at radius 2 is 2.04 bits per heavy atom. The molecule has 4 rings (SSSR count). The highest BCUT2D eigenvalue weighted by Gasteiger charge is 2.33. The number of aromatic nitrogens is 4. The molecular formula is C18H26N6O.